The van der Waals surface area contributed by atoms with Crippen LogP contribution in [0.4, 0.5) is 0 Å². The number of hydrogen-bond acceptors (Lipinski definition) is 2. The largest absolute Gasteiger partial charge is 0.352 e. The van der Waals surface area contributed by atoms with Gasteiger partial charge in [0.15, 0.2) is 0 Å². The van der Waals surface area contributed by atoms with E-state index in [4.69, 9.17) is 4.98 Å². The van der Waals surface area contributed by atoms with E-state index in [1.54, 1.807) is 0 Å². The van der Waals surface area contributed by atoms with E-state index >= 15 is 0 Å². The van der Waals surface area contributed by atoms with Crippen LogP contribution in [0, 0.1) is 6.92 Å². The Bertz CT molecular complexity index is 1390. The molecule has 4 aromatic carbocycles. The van der Waals surface area contributed by atoms with Gasteiger partial charge in [0.05, 0.1) is 11.0 Å². The van der Waals surface area contributed by atoms with Crippen molar-refractivity contribution in [3.63, 3.8) is 0 Å². The maximum Gasteiger partial charge on any atom is 0.251 e. The Morgan fingerprint density at radius 1 is 0.875 bits per heavy atom. The standard InChI is InChI=1S/C28H25N3O/c1-20-13-15-22(16-14-20)28(32)29-18-17-27-30-25-11-4-5-12-26(25)31(27)19-23-9-6-8-21-7-2-3-10-24(21)23/h2-16H,17-19H2,1H3,(H,29,32). The fourth-order valence-electron chi connectivity index (χ4n) is 4.19. The Labute approximate surface area is 187 Å². The van der Waals surface area contributed by atoms with Crippen molar-refractivity contribution >= 4 is 27.7 Å². The van der Waals surface area contributed by atoms with Crippen LogP contribution in [0.5, 0.6) is 0 Å². The number of benzene rings is 4. The Morgan fingerprint density at radius 3 is 2.50 bits per heavy atom. The first-order chi connectivity index (χ1) is 15.7. The van der Waals surface area contributed by atoms with Crippen molar-refractivity contribution in [3.05, 3.63) is 114 Å². The summed E-state index contributed by atoms with van der Waals surface area (Å²) in [4.78, 5) is 17.4. The molecular formula is C28H25N3O. The predicted octanol–water partition coefficient (Wildman–Crippen LogP) is 5.52. The highest BCUT2D eigenvalue weighted by Crippen LogP contribution is 2.23. The number of carbonyl (C=O) groups is 1. The van der Waals surface area contributed by atoms with Crippen LogP contribution in [0.1, 0.15) is 27.3 Å². The van der Waals surface area contributed by atoms with Crippen molar-refractivity contribution < 1.29 is 4.79 Å². The van der Waals surface area contributed by atoms with Crippen LogP contribution < -0.4 is 5.32 Å². The van der Waals surface area contributed by atoms with Gasteiger partial charge in [0.25, 0.3) is 5.91 Å². The zero-order chi connectivity index (χ0) is 21.9. The molecule has 0 fully saturated rings. The Hall–Kier alpha value is -3.92. The van der Waals surface area contributed by atoms with Crippen molar-refractivity contribution in [2.75, 3.05) is 6.54 Å². The number of aryl methyl sites for hydroxylation is 1. The molecule has 0 atom stereocenters. The molecule has 4 nitrogen and oxygen atoms in total. The summed E-state index contributed by atoms with van der Waals surface area (Å²) in [5, 5.41) is 5.53. The highest BCUT2D eigenvalue weighted by atomic mass is 16.1. The van der Waals surface area contributed by atoms with Gasteiger partial charge in [-0.3, -0.25) is 4.79 Å². The molecule has 0 bridgehead atoms. The van der Waals surface area contributed by atoms with Crippen LogP contribution in [0.15, 0.2) is 91.0 Å². The molecule has 0 aliphatic carbocycles. The lowest BCUT2D eigenvalue weighted by Gasteiger charge is -2.12. The van der Waals surface area contributed by atoms with Crippen molar-refractivity contribution in [3.8, 4) is 0 Å². The molecule has 1 aromatic heterocycles. The van der Waals surface area contributed by atoms with Gasteiger partial charge in [-0.2, -0.15) is 0 Å². The number of hydrogen-bond donors (Lipinski definition) is 1. The summed E-state index contributed by atoms with van der Waals surface area (Å²) in [7, 11) is 0. The van der Waals surface area contributed by atoms with Gasteiger partial charge in [-0.25, -0.2) is 4.98 Å². The lowest BCUT2D eigenvalue weighted by atomic mass is 10.0. The summed E-state index contributed by atoms with van der Waals surface area (Å²) in [5.74, 6) is 0.921. The molecule has 0 spiro atoms. The SMILES string of the molecule is Cc1ccc(C(=O)NCCc2nc3ccccc3n2Cc2cccc3ccccc23)cc1. The molecule has 158 valence electrons. The smallest absolute Gasteiger partial charge is 0.251 e. The molecule has 32 heavy (non-hydrogen) atoms. The van der Waals surface area contributed by atoms with Crippen LogP contribution in [0.3, 0.4) is 0 Å². The quantitative estimate of drug-likeness (QED) is 0.394. The van der Waals surface area contributed by atoms with E-state index in [1.807, 2.05) is 49.4 Å². The minimum Gasteiger partial charge on any atom is -0.352 e. The Balaban J connectivity index is 1.40. The van der Waals surface area contributed by atoms with Crippen LogP contribution >= 0.6 is 0 Å². The highest BCUT2D eigenvalue weighted by molar-refractivity contribution is 5.94. The number of nitrogens with one attached hydrogen (secondary N) is 1. The number of aromatic nitrogens is 2. The molecule has 5 rings (SSSR count). The molecule has 0 saturated heterocycles. The van der Waals surface area contributed by atoms with E-state index < -0.39 is 0 Å². The first kappa shape index (κ1) is 20.0. The van der Waals surface area contributed by atoms with Gasteiger partial charge in [-0.15, -0.1) is 0 Å². The maximum absolute atomic E-state index is 12.5. The van der Waals surface area contributed by atoms with E-state index in [9.17, 15) is 4.79 Å². The zero-order valence-electron chi connectivity index (χ0n) is 18.1. The minimum atomic E-state index is -0.0540. The van der Waals surface area contributed by atoms with E-state index in [0.29, 0.717) is 18.5 Å². The molecule has 4 heteroatoms. The average Bonchev–Trinajstić information content (AvgIpc) is 3.17. The Morgan fingerprint density at radius 2 is 1.62 bits per heavy atom. The summed E-state index contributed by atoms with van der Waals surface area (Å²) >= 11 is 0. The third-order valence-corrected chi connectivity index (χ3v) is 5.89. The van der Waals surface area contributed by atoms with E-state index in [0.717, 1.165) is 29.0 Å². The third kappa shape index (κ3) is 4.00. The molecule has 1 amide bonds. The number of carbonyl (C=O) groups excluding carboxylic acids is 1. The van der Waals surface area contributed by atoms with Crippen LogP contribution in [-0.2, 0) is 13.0 Å². The number of nitrogens with zero attached hydrogens (tertiary/aromatic N) is 2. The lowest BCUT2D eigenvalue weighted by molar-refractivity contribution is 0.0954. The molecular weight excluding hydrogens is 394 g/mol. The molecule has 0 saturated carbocycles. The molecule has 1 N–H and O–H groups in total. The summed E-state index contributed by atoms with van der Waals surface area (Å²) in [5.41, 5.74) is 5.17. The summed E-state index contributed by atoms with van der Waals surface area (Å²) in [6, 6.07) is 30.8. The van der Waals surface area contributed by atoms with Crippen molar-refractivity contribution in [2.45, 2.75) is 19.9 Å². The second-order valence-electron chi connectivity index (χ2n) is 8.11. The number of fused-ring (bicyclic) bond motifs is 2. The van der Waals surface area contributed by atoms with Crippen molar-refractivity contribution in [2.24, 2.45) is 0 Å². The first-order valence-electron chi connectivity index (χ1n) is 10.9. The molecule has 0 aliphatic rings. The fraction of sp³-hybridized carbons (Fsp3) is 0.143. The molecule has 1 heterocycles. The van der Waals surface area contributed by atoms with Gasteiger partial charge < -0.3 is 9.88 Å². The van der Waals surface area contributed by atoms with Crippen molar-refractivity contribution in [1.82, 2.24) is 14.9 Å². The summed E-state index contributed by atoms with van der Waals surface area (Å²) in [6.07, 6.45) is 0.664. The predicted molar refractivity (Wildman–Crippen MR) is 130 cm³/mol. The van der Waals surface area contributed by atoms with Crippen LogP contribution in [0.25, 0.3) is 21.8 Å². The van der Waals surface area contributed by atoms with E-state index in [2.05, 4.69) is 58.4 Å². The lowest BCUT2D eigenvalue weighted by Crippen LogP contribution is -2.26. The summed E-state index contributed by atoms with van der Waals surface area (Å²) < 4.78 is 2.27. The number of rotatable bonds is 6. The molecule has 5 aromatic rings. The monoisotopic (exact) mass is 419 g/mol. The first-order valence-corrected chi connectivity index (χ1v) is 10.9. The van der Waals surface area contributed by atoms with Gasteiger partial charge >= 0.3 is 0 Å². The zero-order valence-corrected chi connectivity index (χ0v) is 18.1. The maximum atomic E-state index is 12.5. The number of para-hydroxylation sites is 2. The van der Waals surface area contributed by atoms with Crippen LogP contribution in [0.2, 0.25) is 0 Å². The van der Waals surface area contributed by atoms with Gasteiger partial charge in [-0.1, -0.05) is 72.3 Å². The minimum absolute atomic E-state index is 0.0540. The van der Waals surface area contributed by atoms with Gasteiger partial charge in [0, 0.05) is 25.1 Å². The fourth-order valence-corrected chi connectivity index (χ4v) is 4.19. The van der Waals surface area contributed by atoms with Crippen LogP contribution in [-0.4, -0.2) is 22.0 Å². The van der Waals surface area contributed by atoms with E-state index in [-0.39, 0.29) is 5.91 Å². The second kappa shape index (κ2) is 8.67. The van der Waals surface area contributed by atoms with Crippen molar-refractivity contribution in [1.29, 1.82) is 0 Å². The normalized spacial score (nSPS) is 11.2. The second-order valence-corrected chi connectivity index (χ2v) is 8.11. The summed E-state index contributed by atoms with van der Waals surface area (Å²) in [6.45, 7) is 3.29. The Kier molecular flexibility index (Phi) is 5.42. The highest BCUT2D eigenvalue weighted by Gasteiger charge is 2.13. The van der Waals surface area contributed by atoms with Gasteiger partial charge in [-0.05, 0) is 47.5 Å². The van der Waals surface area contributed by atoms with Gasteiger partial charge in [0.2, 0.25) is 0 Å². The molecule has 0 aliphatic heterocycles. The third-order valence-electron chi connectivity index (χ3n) is 5.89. The number of imidazole rings is 1. The van der Waals surface area contributed by atoms with Gasteiger partial charge in [0.1, 0.15) is 5.82 Å². The molecule has 0 unspecified atom stereocenters. The molecule has 0 radical (unpaired) electrons. The topological polar surface area (TPSA) is 46.9 Å². The number of amides is 1. The average molecular weight is 420 g/mol. The van der Waals surface area contributed by atoms with E-state index in [1.165, 1.54) is 16.3 Å².